The highest BCUT2D eigenvalue weighted by atomic mass is 16.5. The van der Waals surface area contributed by atoms with Crippen molar-refractivity contribution in [2.75, 3.05) is 26.7 Å². The molecule has 178 valence electrons. The fraction of sp³-hybridized carbons (Fsp3) is 0.577. The van der Waals surface area contributed by atoms with E-state index in [4.69, 9.17) is 4.74 Å². The molecule has 4 rings (SSSR count). The van der Waals surface area contributed by atoms with Crippen LogP contribution >= 0.6 is 0 Å². The van der Waals surface area contributed by atoms with Crippen LogP contribution < -0.4 is 10.1 Å². The van der Waals surface area contributed by atoms with Gasteiger partial charge in [0.2, 0.25) is 5.91 Å². The fourth-order valence-corrected chi connectivity index (χ4v) is 5.31. The minimum absolute atomic E-state index is 0.0258. The Balaban J connectivity index is 1.31. The highest BCUT2D eigenvalue weighted by Crippen LogP contribution is 2.34. The van der Waals surface area contributed by atoms with Gasteiger partial charge in [0.25, 0.3) is 5.91 Å². The molecule has 2 aliphatic heterocycles. The minimum Gasteiger partial charge on any atom is -0.497 e. The average molecular weight is 454 g/mol. The maximum absolute atomic E-state index is 13.3. The quantitative estimate of drug-likeness (QED) is 0.505. The van der Waals surface area contributed by atoms with E-state index in [1.165, 1.54) is 23.3 Å². The molecule has 0 spiro atoms. The van der Waals surface area contributed by atoms with Crippen molar-refractivity contribution in [3.63, 3.8) is 0 Å². The highest BCUT2D eigenvalue weighted by molar-refractivity contribution is 6.07. The van der Waals surface area contributed by atoms with E-state index < -0.39 is 5.54 Å². The van der Waals surface area contributed by atoms with Gasteiger partial charge in [-0.25, -0.2) is 4.79 Å². The Morgan fingerprint density at radius 3 is 2.52 bits per heavy atom. The number of nitrogens with one attached hydrogen (secondary N) is 1. The van der Waals surface area contributed by atoms with Crippen LogP contribution in [0.15, 0.2) is 35.9 Å². The molecule has 1 unspecified atom stereocenters. The van der Waals surface area contributed by atoms with E-state index >= 15 is 0 Å². The van der Waals surface area contributed by atoms with Crippen LogP contribution in [0.3, 0.4) is 0 Å². The second-order valence-corrected chi connectivity index (χ2v) is 9.63. The van der Waals surface area contributed by atoms with Crippen molar-refractivity contribution in [2.24, 2.45) is 5.92 Å². The van der Waals surface area contributed by atoms with Crippen molar-refractivity contribution in [2.45, 2.75) is 63.8 Å². The third kappa shape index (κ3) is 5.07. The SMILES string of the molecule is COc1ccc(CCN2C(=O)NC(C)(C3CCN(C(=O)CC4=CCCCC4)CC3)C2=O)cc1. The van der Waals surface area contributed by atoms with Crippen molar-refractivity contribution >= 4 is 17.8 Å². The first-order chi connectivity index (χ1) is 15.9. The summed E-state index contributed by atoms with van der Waals surface area (Å²) in [4.78, 5) is 41.9. The van der Waals surface area contributed by atoms with Crippen molar-refractivity contribution in [1.29, 1.82) is 0 Å². The standard InChI is InChI=1S/C26H35N3O4/c1-26(21-13-15-28(16-14-21)23(30)18-20-6-4-3-5-7-20)24(31)29(25(32)27-26)17-12-19-8-10-22(33-2)11-9-19/h6,8-11,21H,3-5,7,12-18H2,1-2H3,(H,27,32). The van der Waals surface area contributed by atoms with Crippen LogP contribution in [0.25, 0.3) is 0 Å². The number of hydrogen-bond donors (Lipinski definition) is 1. The zero-order valence-electron chi connectivity index (χ0n) is 19.8. The van der Waals surface area contributed by atoms with Gasteiger partial charge in [-0.15, -0.1) is 0 Å². The summed E-state index contributed by atoms with van der Waals surface area (Å²) in [5.41, 5.74) is 1.41. The van der Waals surface area contributed by atoms with Crippen LogP contribution in [0.2, 0.25) is 0 Å². The maximum atomic E-state index is 13.3. The zero-order valence-corrected chi connectivity index (χ0v) is 19.8. The number of piperidine rings is 1. The average Bonchev–Trinajstić information content (AvgIpc) is 3.07. The van der Waals surface area contributed by atoms with Crippen LogP contribution in [-0.2, 0) is 16.0 Å². The van der Waals surface area contributed by atoms with Crippen molar-refractivity contribution in [1.82, 2.24) is 15.1 Å². The Labute approximate surface area is 196 Å². The molecule has 0 radical (unpaired) electrons. The van der Waals surface area contributed by atoms with Gasteiger partial charge >= 0.3 is 6.03 Å². The normalized spacial score (nSPS) is 24.0. The third-order valence-corrected chi connectivity index (χ3v) is 7.51. The zero-order chi connectivity index (χ0) is 23.4. The summed E-state index contributed by atoms with van der Waals surface area (Å²) in [6.45, 7) is 3.47. The lowest BCUT2D eigenvalue weighted by Crippen LogP contribution is -2.54. The largest absolute Gasteiger partial charge is 0.497 e. The van der Waals surface area contributed by atoms with Gasteiger partial charge in [0, 0.05) is 26.1 Å². The lowest BCUT2D eigenvalue weighted by Gasteiger charge is -2.39. The number of carbonyl (C=O) groups is 3. The Bertz CT molecular complexity index is 918. The molecule has 4 amide bonds. The van der Waals surface area contributed by atoms with Crippen molar-refractivity contribution < 1.29 is 19.1 Å². The molecule has 0 aromatic heterocycles. The molecule has 1 aromatic rings. The smallest absolute Gasteiger partial charge is 0.325 e. The van der Waals surface area contributed by atoms with E-state index in [9.17, 15) is 14.4 Å². The lowest BCUT2D eigenvalue weighted by atomic mass is 9.78. The number of rotatable bonds is 7. The number of amides is 4. The summed E-state index contributed by atoms with van der Waals surface area (Å²) in [5, 5.41) is 2.97. The number of ether oxygens (including phenoxy) is 1. The van der Waals surface area contributed by atoms with Crippen LogP contribution in [-0.4, -0.2) is 59.9 Å². The van der Waals surface area contributed by atoms with Gasteiger partial charge in [-0.2, -0.15) is 0 Å². The molecule has 1 aliphatic carbocycles. The molecule has 2 heterocycles. The number of likely N-dealkylation sites (tertiary alicyclic amines) is 1. The van der Waals surface area contributed by atoms with Crippen molar-refractivity contribution in [3.8, 4) is 5.75 Å². The number of imide groups is 1. The van der Waals surface area contributed by atoms with Gasteiger partial charge in [0.1, 0.15) is 11.3 Å². The number of allylic oxidation sites excluding steroid dienone is 1. The summed E-state index contributed by atoms with van der Waals surface area (Å²) < 4.78 is 5.18. The first-order valence-electron chi connectivity index (χ1n) is 12.1. The number of hydrogen-bond acceptors (Lipinski definition) is 4. The molecule has 7 nitrogen and oxygen atoms in total. The lowest BCUT2D eigenvalue weighted by molar-refractivity contribution is -0.135. The van der Waals surface area contributed by atoms with E-state index in [0.29, 0.717) is 32.5 Å². The Morgan fingerprint density at radius 2 is 1.88 bits per heavy atom. The molecule has 7 heteroatoms. The molecule has 0 bridgehead atoms. The van der Waals surface area contributed by atoms with Gasteiger partial charge in [-0.05, 0) is 75.5 Å². The fourth-order valence-electron chi connectivity index (χ4n) is 5.31. The number of nitrogens with zero attached hydrogens (tertiary/aromatic N) is 2. The highest BCUT2D eigenvalue weighted by Gasteiger charge is 2.52. The summed E-state index contributed by atoms with van der Waals surface area (Å²) in [6, 6.07) is 7.34. The molecule has 3 aliphatic rings. The second kappa shape index (κ2) is 9.98. The minimum atomic E-state index is -0.905. The Kier molecular flexibility index (Phi) is 7.05. The van der Waals surface area contributed by atoms with Crippen LogP contribution in [0.1, 0.15) is 57.4 Å². The first kappa shape index (κ1) is 23.3. The predicted octanol–water partition coefficient (Wildman–Crippen LogP) is 3.68. The van der Waals surface area contributed by atoms with Gasteiger partial charge in [-0.3, -0.25) is 14.5 Å². The van der Waals surface area contributed by atoms with Gasteiger partial charge in [0.05, 0.1) is 7.11 Å². The molecule has 1 N–H and O–H groups in total. The molecule has 2 saturated heterocycles. The van der Waals surface area contributed by atoms with Gasteiger partial charge in [0.15, 0.2) is 0 Å². The van der Waals surface area contributed by atoms with Crippen LogP contribution in [0.5, 0.6) is 5.75 Å². The first-order valence-corrected chi connectivity index (χ1v) is 12.1. The third-order valence-electron chi connectivity index (χ3n) is 7.51. The summed E-state index contributed by atoms with van der Waals surface area (Å²) in [7, 11) is 1.62. The number of benzene rings is 1. The van der Waals surface area contributed by atoms with Gasteiger partial charge in [-0.1, -0.05) is 23.8 Å². The predicted molar refractivity (Wildman–Crippen MR) is 126 cm³/mol. The number of carbonyl (C=O) groups excluding carboxylic acids is 3. The van der Waals surface area contributed by atoms with E-state index in [0.717, 1.165) is 37.0 Å². The maximum Gasteiger partial charge on any atom is 0.325 e. The number of methoxy groups -OCH3 is 1. The van der Waals surface area contributed by atoms with E-state index in [1.54, 1.807) is 7.11 Å². The molecule has 1 atom stereocenters. The summed E-state index contributed by atoms with van der Waals surface area (Å²) >= 11 is 0. The molecule has 0 saturated carbocycles. The molecule has 33 heavy (non-hydrogen) atoms. The second-order valence-electron chi connectivity index (χ2n) is 9.63. The van der Waals surface area contributed by atoms with Crippen LogP contribution in [0.4, 0.5) is 4.79 Å². The number of urea groups is 1. The van der Waals surface area contributed by atoms with Crippen molar-refractivity contribution in [3.05, 3.63) is 41.5 Å². The van der Waals surface area contributed by atoms with E-state index in [1.807, 2.05) is 36.1 Å². The molecular weight excluding hydrogens is 418 g/mol. The van der Waals surface area contributed by atoms with E-state index in [-0.39, 0.29) is 23.8 Å². The summed E-state index contributed by atoms with van der Waals surface area (Å²) in [6.07, 6.45) is 9.31. The molecular formula is C26H35N3O4. The molecule has 1 aromatic carbocycles. The van der Waals surface area contributed by atoms with Gasteiger partial charge < -0.3 is 15.0 Å². The monoisotopic (exact) mass is 453 g/mol. The summed E-state index contributed by atoms with van der Waals surface area (Å²) in [5.74, 6) is 0.840. The van der Waals surface area contributed by atoms with E-state index in [2.05, 4.69) is 11.4 Å². The molecule has 2 fully saturated rings. The topological polar surface area (TPSA) is 79.0 Å². The Morgan fingerprint density at radius 1 is 1.15 bits per heavy atom. The van der Waals surface area contributed by atoms with Crippen LogP contribution in [0, 0.1) is 5.92 Å². The Hall–Kier alpha value is -2.83.